The number of anilines is 1. The molecule has 9 heteroatoms. The van der Waals surface area contributed by atoms with E-state index in [0.717, 1.165) is 65.6 Å². The molecule has 9 nitrogen and oxygen atoms in total. The van der Waals surface area contributed by atoms with Gasteiger partial charge in [-0.15, -0.1) is 0 Å². The first-order valence-electron chi connectivity index (χ1n) is 12.7. The van der Waals surface area contributed by atoms with Crippen LogP contribution < -0.4 is 9.64 Å². The third kappa shape index (κ3) is 4.09. The maximum Gasteiger partial charge on any atom is 0.197 e. The second kappa shape index (κ2) is 9.15. The zero-order chi connectivity index (χ0) is 25.7. The number of aryl methyl sites for hydroxylation is 2. The van der Waals surface area contributed by atoms with Crippen molar-refractivity contribution in [3.63, 3.8) is 0 Å². The van der Waals surface area contributed by atoms with Gasteiger partial charge in [0, 0.05) is 62.3 Å². The number of hydrogen-bond donors (Lipinski definition) is 0. The molecule has 1 aliphatic heterocycles. The molecular formula is C28H32N8O. The summed E-state index contributed by atoms with van der Waals surface area (Å²) in [7, 11) is 3.67. The average molecular weight is 497 g/mol. The Bertz CT molecular complexity index is 1580. The number of benzene rings is 1. The third-order valence-corrected chi connectivity index (χ3v) is 7.44. The molecule has 0 radical (unpaired) electrons. The minimum atomic E-state index is 0.605. The van der Waals surface area contributed by atoms with Crippen molar-refractivity contribution in [2.75, 3.05) is 38.2 Å². The highest BCUT2D eigenvalue weighted by Gasteiger charge is 2.20. The van der Waals surface area contributed by atoms with Gasteiger partial charge in [-0.05, 0) is 45.0 Å². The van der Waals surface area contributed by atoms with E-state index in [4.69, 9.17) is 14.7 Å². The second-order valence-electron chi connectivity index (χ2n) is 9.94. The van der Waals surface area contributed by atoms with Crippen LogP contribution in [0.1, 0.15) is 19.5 Å². The number of fused-ring (bicyclic) bond motifs is 2. The number of hydrogen-bond acceptors (Lipinski definition) is 7. The van der Waals surface area contributed by atoms with Gasteiger partial charge in [-0.3, -0.25) is 9.88 Å². The Morgan fingerprint density at radius 3 is 2.41 bits per heavy atom. The number of aromatic nitrogens is 6. The van der Waals surface area contributed by atoms with Crippen molar-refractivity contribution in [1.82, 2.24) is 34.0 Å². The van der Waals surface area contributed by atoms with Crippen LogP contribution >= 0.6 is 0 Å². The van der Waals surface area contributed by atoms with Crippen LogP contribution in [0.15, 0.2) is 48.9 Å². The maximum absolute atomic E-state index is 5.55. The van der Waals surface area contributed by atoms with Crippen molar-refractivity contribution in [3.05, 3.63) is 54.6 Å². The second-order valence-corrected chi connectivity index (χ2v) is 9.94. The number of ether oxygens (including phenoxy) is 1. The zero-order valence-electron chi connectivity index (χ0n) is 22.0. The van der Waals surface area contributed by atoms with Crippen LogP contribution in [-0.4, -0.2) is 73.4 Å². The molecule has 0 saturated carbocycles. The van der Waals surface area contributed by atoms with Crippen LogP contribution in [0.4, 0.5) is 5.69 Å². The molecule has 0 aliphatic carbocycles. The van der Waals surface area contributed by atoms with Crippen LogP contribution in [0.5, 0.6) is 5.75 Å². The number of rotatable bonds is 5. The molecule has 190 valence electrons. The third-order valence-electron chi connectivity index (χ3n) is 7.44. The monoisotopic (exact) mass is 496 g/mol. The Balaban J connectivity index is 1.32. The van der Waals surface area contributed by atoms with Gasteiger partial charge in [0.25, 0.3) is 0 Å². The fourth-order valence-electron chi connectivity index (χ4n) is 5.25. The van der Waals surface area contributed by atoms with Crippen molar-refractivity contribution in [3.8, 4) is 28.4 Å². The zero-order valence-corrected chi connectivity index (χ0v) is 22.0. The predicted molar refractivity (Wildman–Crippen MR) is 146 cm³/mol. The average Bonchev–Trinajstić information content (AvgIpc) is 3.53. The van der Waals surface area contributed by atoms with Crippen molar-refractivity contribution < 1.29 is 4.74 Å². The smallest absolute Gasteiger partial charge is 0.197 e. The van der Waals surface area contributed by atoms with Gasteiger partial charge in [0.15, 0.2) is 11.4 Å². The van der Waals surface area contributed by atoms with Gasteiger partial charge < -0.3 is 14.2 Å². The van der Waals surface area contributed by atoms with Gasteiger partial charge in [-0.25, -0.2) is 14.5 Å². The van der Waals surface area contributed by atoms with E-state index in [1.807, 2.05) is 26.2 Å². The Hall–Kier alpha value is -3.98. The highest BCUT2D eigenvalue weighted by Crippen LogP contribution is 2.32. The largest absolute Gasteiger partial charge is 0.493 e. The summed E-state index contributed by atoms with van der Waals surface area (Å²) < 4.78 is 9.37. The highest BCUT2D eigenvalue weighted by molar-refractivity contribution is 5.86. The van der Waals surface area contributed by atoms with E-state index in [-0.39, 0.29) is 0 Å². The summed E-state index contributed by atoms with van der Waals surface area (Å²) in [5.41, 5.74) is 7.71. The van der Waals surface area contributed by atoms with E-state index in [1.165, 1.54) is 12.0 Å². The van der Waals surface area contributed by atoms with Crippen LogP contribution in [0.3, 0.4) is 0 Å². The molecule has 1 fully saturated rings. The Morgan fingerprint density at radius 2 is 1.70 bits per heavy atom. The summed E-state index contributed by atoms with van der Waals surface area (Å²) in [5, 5.41) is 4.29. The van der Waals surface area contributed by atoms with Gasteiger partial charge >= 0.3 is 0 Å². The van der Waals surface area contributed by atoms with E-state index < -0.39 is 0 Å². The molecule has 5 aromatic rings. The summed E-state index contributed by atoms with van der Waals surface area (Å²) in [6.45, 7) is 10.9. The SMILES string of the molecule is COc1cc(-c2nc3c(C)nc(-c4ccc(N5CCN(C(C)C)CC5)cc4)cc3n2C)cn2ncnc12. The Kier molecular flexibility index (Phi) is 5.79. The molecule has 0 N–H and O–H groups in total. The van der Waals surface area contributed by atoms with Crippen molar-refractivity contribution >= 4 is 22.4 Å². The van der Waals surface area contributed by atoms with E-state index in [2.05, 4.69) is 68.6 Å². The quantitative estimate of drug-likeness (QED) is 0.361. The first-order valence-corrected chi connectivity index (χ1v) is 12.7. The molecule has 0 amide bonds. The fraction of sp³-hybridized carbons (Fsp3) is 0.357. The molecule has 6 rings (SSSR count). The lowest BCUT2D eigenvalue weighted by Gasteiger charge is -2.38. The normalized spacial score (nSPS) is 14.8. The lowest BCUT2D eigenvalue weighted by molar-refractivity contribution is 0.209. The number of nitrogens with zero attached hydrogens (tertiary/aromatic N) is 8. The Labute approximate surface area is 216 Å². The molecule has 0 unspecified atom stereocenters. The molecular weight excluding hydrogens is 464 g/mol. The molecule has 0 atom stereocenters. The van der Waals surface area contributed by atoms with Gasteiger partial charge in [-0.2, -0.15) is 5.10 Å². The van der Waals surface area contributed by atoms with Gasteiger partial charge in [0.1, 0.15) is 17.7 Å². The molecule has 1 aliphatic rings. The van der Waals surface area contributed by atoms with Crippen LogP contribution in [-0.2, 0) is 7.05 Å². The molecule has 4 aromatic heterocycles. The van der Waals surface area contributed by atoms with Crippen molar-refractivity contribution in [1.29, 1.82) is 0 Å². The summed E-state index contributed by atoms with van der Waals surface area (Å²) >= 11 is 0. The Morgan fingerprint density at radius 1 is 0.946 bits per heavy atom. The van der Waals surface area contributed by atoms with Gasteiger partial charge in [0.05, 0.1) is 24.0 Å². The molecule has 0 bridgehead atoms. The summed E-state index contributed by atoms with van der Waals surface area (Å²) in [6, 6.07) is 13.5. The van der Waals surface area contributed by atoms with Gasteiger partial charge in [0.2, 0.25) is 0 Å². The van der Waals surface area contributed by atoms with E-state index >= 15 is 0 Å². The van der Waals surface area contributed by atoms with E-state index in [0.29, 0.717) is 17.4 Å². The summed E-state index contributed by atoms with van der Waals surface area (Å²) in [6.07, 6.45) is 3.45. The molecule has 0 spiro atoms. The number of imidazole rings is 1. The van der Waals surface area contributed by atoms with Crippen LogP contribution in [0.2, 0.25) is 0 Å². The number of methoxy groups -OCH3 is 1. The standard InChI is InChI=1S/C28H32N8O/c1-18(2)34-10-12-35(13-11-34)22-8-6-20(7-9-22)23-15-24-26(19(3)31-23)32-27(33(24)4)21-14-25(37-5)28-29-17-30-36(28)16-21/h6-9,14-18H,10-13H2,1-5H3. The first kappa shape index (κ1) is 23.4. The number of piperazine rings is 1. The van der Waals surface area contributed by atoms with E-state index in [9.17, 15) is 0 Å². The maximum atomic E-state index is 5.55. The van der Waals surface area contributed by atoms with Crippen LogP contribution in [0.25, 0.3) is 39.3 Å². The van der Waals surface area contributed by atoms with Crippen molar-refractivity contribution in [2.45, 2.75) is 26.8 Å². The number of pyridine rings is 2. The molecule has 37 heavy (non-hydrogen) atoms. The topological polar surface area (TPSA) is 76.6 Å². The minimum absolute atomic E-state index is 0.605. The summed E-state index contributed by atoms with van der Waals surface area (Å²) in [4.78, 5) is 19.2. The first-order chi connectivity index (χ1) is 17.9. The minimum Gasteiger partial charge on any atom is -0.493 e. The summed E-state index contributed by atoms with van der Waals surface area (Å²) in [5.74, 6) is 1.48. The fourth-order valence-corrected chi connectivity index (χ4v) is 5.25. The highest BCUT2D eigenvalue weighted by atomic mass is 16.5. The molecule has 5 heterocycles. The van der Waals surface area contributed by atoms with E-state index in [1.54, 1.807) is 11.6 Å². The molecule has 1 aromatic carbocycles. The van der Waals surface area contributed by atoms with Crippen LogP contribution in [0, 0.1) is 6.92 Å². The van der Waals surface area contributed by atoms with Gasteiger partial charge in [-0.1, -0.05) is 12.1 Å². The van der Waals surface area contributed by atoms with Crippen molar-refractivity contribution in [2.24, 2.45) is 7.05 Å². The predicted octanol–water partition coefficient (Wildman–Crippen LogP) is 4.19. The lowest BCUT2D eigenvalue weighted by Crippen LogP contribution is -2.48. The lowest BCUT2D eigenvalue weighted by atomic mass is 10.1. The molecule has 1 saturated heterocycles.